The Morgan fingerprint density at radius 2 is 0.707 bits per heavy atom. The summed E-state index contributed by atoms with van der Waals surface area (Å²) in [5, 5.41) is 3.54. The average Bonchev–Trinajstić information content (AvgIpc) is 1.58. The van der Waals surface area contributed by atoms with Crippen LogP contribution in [0.4, 0.5) is 0 Å². The summed E-state index contributed by atoms with van der Waals surface area (Å²) in [6, 6.07) is 21.1. The third-order valence-electron chi connectivity index (χ3n) is 33.4. The molecule has 0 spiro atoms. The number of pyridine rings is 3. The molecule has 3 aromatic carbocycles. The van der Waals surface area contributed by atoms with Gasteiger partial charge >= 0.3 is 17.9 Å². The number of aromatic nitrogens is 3. The number of ether oxygens (including phenoxy) is 6. The van der Waals surface area contributed by atoms with Crippen LogP contribution in [0, 0.1) is 69.5 Å². The molecule has 33 nitrogen and oxygen atoms in total. The Kier molecular flexibility index (Phi) is 30.6. The number of hydrogen-bond acceptors (Lipinski definition) is 27. The zero-order valence-electron chi connectivity index (χ0n) is 82.9. The quantitative estimate of drug-likeness (QED) is 0.0288. The van der Waals surface area contributed by atoms with Crippen LogP contribution in [-0.4, -0.2) is 217 Å². The second-order valence-corrected chi connectivity index (χ2v) is 49.3. The lowest BCUT2D eigenvalue weighted by atomic mass is 9.73. The van der Waals surface area contributed by atoms with E-state index in [1.54, 1.807) is 41.7 Å². The molecule has 12 bridgehead atoms. The van der Waals surface area contributed by atoms with Crippen molar-refractivity contribution in [3.63, 3.8) is 0 Å². The number of esters is 3. The molecule has 6 amide bonds. The van der Waals surface area contributed by atoms with Gasteiger partial charge in [-0.05, 0) is 252 Å². The van der Waals surface area contributed by atoms with Crippen LogP contribution in [0.15, 0.2) is 142 Å². The Bertz CT molecular complexity index is 6380. The molecular weight excluding hydrogens is 1940 g/mol. The van der Waals surface area contributed by atoms with E-state index in [4.69, 9.17) is 28.4 Å². The summed E-state index contributed by atoms with van der Waals surface area (Å²) in [6.07, 6.45) is 33.5. The van der Waals surface area contributed by atoms with E-state index in [2.05, 4.69) is 61.0 Å². The number of carbonyl (C=O) groups excluding carboxylic acids is 12. The van der Waals surface area contributed by atoms with Crippen molar-refractivity contribution >= 4 is 145 Å². The van der Waals surface area contributed by atoms with Crippen molar-refractivity contribution in [2.75, 3.05) is 39.5 Å². The van der Waals surface area contributed by atoms with Crippen molar-refractivity contribution in [3.05, 3.63) is 158 Å². The normalized spacial score (nSPS) is 29.9. The van der Waals surface area contributed by atoms with Crippen molar-refractivity contribution in [3.8, 4) is 17.6 Å². The van der Waals surface area contributed by atoms with Crippen LogP contribution < -0.4 is 28.4 Å². The number of benzene rings is 3. The second-order valence-electron chi connectivity index (χ2n) is 43.4. The maximum absolute atomic E-state index is 14.4. The topological polar surface area (TPSA) is 447 Å². The van der Waals surface area contributed by atoms with E-state index in [-0.39, 0.29) is 161 Å². The van der Waals surface area contributed by atoms with Crippen molar-refractivity contribution in [1.82, 2.24) is 43.8 Å². The minimum absolute atomic E-state index is 0.000725. The SMILES string of the molecule is C=C[C@@H]1C[C@]1(CC(=O)[C@@H]1C[C@@H]2CN1C(=O)[C@@H](C1CCC1)CC(=O)OCCC/C=C/c1ccc3ccnc(c3c1)O2)C(=O)NS(=O)(=O)C1CC1.C=C[C@@H]1C[C@]1(CC(=O)[C@@H]1C[C@@H]2CN1C(=O)[C@@H](C1CCC1)CC(=O)OCCCCCc1ccc3ccnc(c3c1)O2)C(=O)NS(=O)(=O)C1CC1.C=C[C@@H]1C[C@]1(CC(=O)[C@@H]1C[C@@H]2CN1C(=O)[C@H](C1CCC1)CC(=O)OCCC/C=C/c1ccc3ccnc(c3c1)O2)C(=O)NS(=O)(=O)C1CC1. The number of sulfonamides is 3. The first kappa shape index (κ1) is 104. The number of hydrogen-bond donors (Lipinski definition) is 3. The van der Waals surface area contributed by atoms with E-state index in [9.17, 15) is 82.8 Å². The molecule has 3 saturated heterocycles. The summed E-state index contributed by atoms with van der Waals surface area (Å²) in [7, 11) is -11.5. The molecule has 12 fully saturated rings. The van der Waals surface area contributed by atoms with E-state index in [1.165, 1.54) is 9.80 Å². The van der Waals surface area contributed by atoms with Gasteiger partial charge in [-0.2, -0.15) is 0 Å². The second kappa shape index (κ2) is 43.3. The van der Waals surface area contributed by atoms with Crippen LogP contribution in [0.3, 0.4) is 0 Å². The molecular formula is C111H131N9O24S3. The van der Waals surface area contributed by atoms with Crippen molar-refractivity contribution in [2.24, 2.45) is 69.5 Å². The smallest absolute Gasteiger partial charge is 0.306 e. The first-order valence-corrected chi connectivity index (χ1v) is 57.4. The zero-order chi connectivity index (χ0) is 103. The van der Waals surface area contributed by atoms with Crippen LogP contribution in [0.2, 0.25) is 0 Å². The van der Waals surface area contributed by atoms with Gasteiger partial charge in [0.15, 0.2) is 17.3 Å². The number of fused-ring (bicyclic) bond motifs is 9. The number of ketones is 3. The summed E-state index contributed by atoms with van der Waals surface area (Å²) >= 11 is 0. The molecule has 6 aromatic rings. The molecule has 3 N–H and O–H groups in total. The number of nitrogens with one attached hydrogen (secondary N) is 3. The number of Topliss-reactive ketones (excluding diaryl/α,β-unsaturated/α-hetero) is 3. The first-order valence-electron chi connectivity index (χ1n) is 52.7. The van der Waals surface area contributed by atoms with Gasteiger partial charge in [0, 0.05) is 73.3 Å². The predicted octanol–water partition coefficient (Wildman–Crippen LogP) is 13.4. The Hall–Kier alpha value is -11.9. The lowest BCUT2D eigenvalue weighted by molar-refractivity contribution is -0.153. The van der Waals surface area contributed by atoms with Gasteiger partial charge in [-0.25, -0.2) is 40.2 Å². The van der Waals surface area contributed by atoms with Gasteiger partial charge in [0.05, 0.1) is 127 Å². The lowest BCUT2D eigenvalue weighted by Gasteiger charge is -2.36. The summed E-state index contributed by atoms with van der Waals surface area (Å²) in [6.45, 7) is 12.6. The summed E-state index contributed by atoms with van der Waals surface area (Å²) in [4.78, 5) is 184. The van der Waals surface area contributed by atoms with Gasteiger partial charge in [0.1, 0.15) is 18.3 Å². The van der Waals surface area contributed by atoms with Gasteiger partial charge < -0.3 is 43.1 Å². The fourth-order valence-corrected chi connectivity index (χ4v) is 27.3. The van der Waals surface area contributed by atoms with Crippen LogP contribution in [0.25, 0.3) is 44.5 Å². The highest BCUT2D eigenvalue weighted by Crippen LogP contribution is 2.60. The molecule has 3 aromatic heterocycles. The highest BCUT2D eigenvalue weighted by atomic mass is 32.2. The third kappa shape index (κ3) is 23.1. The average molecular weight is 2070 g/mol. The Morgan fingerprint density at radius 1 is 0.388 bits per heavy atom. The zero-order valence-corrected chi connectivity index (χ0v) is 85.4. The van der Waals surface area contributed by atoms with E-state index in [0.717, 1.165) is 132 Å². The van der Waals surface area contributed by atoms with Gasteiger partial charge in [-0.3, -0.25) is 71.7 Å². The molecule has 36 heteroatoms. The van der Waals surface area contributed by atoms with Crippen LogP contribution in [0.1, 0.15) is 235 Å². The first-order chi connectivity index (χ1) is 70.7. The Morgan fingerprint density at radius 3 is 1.01 bits per heavy atom. The number of allylic oxidation sites excluding steroid dienone is 5. The van der Waals surface area contributed by atoms with Crippen LogP contribution >= 0.6 is 0 Å². The number of carbonyl (C=O) groups is 12. The molecule has 782 valence electrons. The molecule has 15 atom stereocenters. The molecule has 15 aliphatic rings. The summed E-state index contributed by atoms with van der Waals surface area (Å²) in [5.74, 6) is -7.06. The lowest BCUT2D eigenvalue weighted by Crippen LogP contribution is -2.48. The number of rotatable bonds is 24. The molecule has 21 rings (SSSR count). The maximum atomic E-state index is 14.4. The van der Waals surface area contributed by atoms with Crippen LogP contribution in [-0.2, 0) is 108 Å². The highest BCUT2D eigenvalue weighted by molar-refractivity contribution is 7.91. The van der Waals surface area contributed by atoms with Crippen molar-refractivity contribution in [2.45, 2.75) is 277 Å². The minimum atomic E-state index is -3.82. The van der Waals surface area contributed by atoms with E-state index >= 15 is 0 Å². The van der Waals surface area contributed by atoms with E-state index in [0.29, 0.717) is 108 Å². The summed E-state index contributed by atoms with van der Waals surface area (Å²) in [5.41, 5.74) is -0.701. The van der Waals surface area contributed by atoms with Gasteiger partial charge in [0.2, 0.25) is 83.2 Å². The van der Waals surface area contributed by atoms with Gasteiger partial charge in [0.25, 0.3) is 0 Å². The molecule has 9 heterocycles. The molecule has 6 aliphatic heterocycles. The number of amides is 6. The molecule has 0 radical (unpaired) electrons. The number of cyclic esters (lactones) is 3. The fraction of sp³-hybridized carbons (Fsp3) is 0.559. The fourth-order valence-electron chi connectivity index (χ4n) is 23.1. The van der Waals surface area contributed by atoms with Gasteiger partial charge in [-0.1, -0.05) is 98.2 Å². The maximum Gasteiger partial charge on any atom is 0.306 e. The standard InChI is InChI=1S/C37H45N3O8S.2C37H43N3O8S/c3*1-2-26-20-37(26,36(44)39-49(45,46)28-12-13-28)21-32(41)31-18-27-22-40(31)35(43)30(24-8-6-9-24)19-33(42)47-16-5-3-4-7-23-10-11-25-14-15-38-34(48-27)29(25)17-23/h2,10-11,14-15,17,24,26-28,30-31H,1,3-9,12-13,16,18-22H2,(H,39,44);2*2,4,7,10-11,14-15,17,24,26-28,30-31H,1,3,5-6,8-9,12-13,16,18-22H2,(H,39,44)/b;2*7-4+/t26-,27-,30-,31+,37-;26-,27-,30+,31+,37-;26-,27-,30-,31+,37-/m111/s1. The van der Waals surface area contributed by atoms with Gasteiger partial charge in [-0.15, -0.1) is 19.7 Å². The molecule has 9 aliphatic carbocycles. The van der Waals surface area contributed by atoms with E-state index in [1.807, 2.05) is 85.0 Å². The monoisotopic (exact) mass is 2070 g/mol. The van der Waals surface area contributed by atoms with Crippen molar-refractivity contribution in [1.29, 1.82) is 0 Å². The van der Waals surface area contributed by atoms with Crippen LogP contribution in [0.5, 0.6) is 17.6 Å². The Labute approximate surface area is 856 Å². The highest BCUT2D eigenvalue weighted by Gasteiger charge is 2.65. The third-order valence-corrected chi connectivity index (χ3v) is 38.8. The van der Waals surface area contributed by atoms with E-state index < -0.39 is 152 Å². The number of aryl methyl sites for hydroxylation is 1. The van der Waals surface area contributed by atoms with Crippen molar-refractivity contribution < 1.29 is 111 Å². The Balaban J connectivity index is 0.000000139. The predicted molar refractivity (Wildman–Crippen MR) is 543 cm³/mol. The number of nitrogens with zero attached hydrogens (tertiary/aromatic N) is 6. The summed E-state index contributed by atoms with van der Waals surface area (Å²) < 4.78 is 119. The molecule has 147 heavy (non-hydrogen) atoms. The molecule has 0 unspecified atom stereocenters. The minimum Gasteiger partial charge on any atom is -0.472 e. The molecule has 9 saturated carbocycles. The largest absolute Gasteiger partial charge is 0.472 e.